The zero-order valence-corrected chi connectivity index (χ0v) is 15.5. The van der Waals surface area contributed by atoms with Gasteiger partial charge in [0.25, 0.3) is 0 Å². The van der Waals surface area contributed by atoms with E-state index in [9.17, 15) is 14.4 Å². The molecule has 0 aromatic rings. The van der Waals surface area contributed by atoms with E-state index in [-0.39, 0.29) is 19.4 Å². The second-order valence-electron chi connectivity index (χ2n) is 7.24. The number of methoxy groups -OCH3 is 1. The molecule has 0 bridgehead atoms. The molecule has 0 radical (unpaired) electrons. The van der Waals surface area contributed by atoms with E-state index in [0.29, 0.717) is 4.90 Å². The molecule has 0 aliphatic heterocycles. The molecule has 24 heavy (non-hydrogen) atoms. The fourth-order valence-corrected chi connectivity index (χ4v) is 1.72. The number of hydrogen-bond acceptors (Lipinski definition) is 7. The number of ether oxygens (including phenoxy) is 3. The second kappa shape index (κ2) is 8.86. The molecule has 0 aliphatic carbocycles. The molecule has 0 aliphatic rings. The summed E-state index contributed by atoms with van der Waals surface area (Å²) in [5, 5.41) is 9.00. The zero-order valence-electron chi connectivity index (χ0n) is 15.5. The third kappa shape index (κ3) is 8.14. The van der Waals surface area contributed by atoms with Crippen molar-refractivity contribution in [2.45, 2.75) is 71.6 Å². The van der Waals surface area contributed by atoms with Gasteiger partial charge in [0.15, 0.2) is 0 Å². The predicted octanol–water partition coefficient (Wildman–Crippen LogP) is 2.47. The van der Waals surface area contributed by atoms with E-state index in [0.717, 1.165) is 7.11 Å². The van der Waals surface area contributed by atoms with Gasteiger partial charge in [0.05, 0.1) is 7.11 Å². The Bertz CT molecular complexity index is 420. The van der Waals surface area contributed by atoms with Gasteiger partial charge < -0.3 is 19.3 Å². The average molecular weight is 347 g/mol. The van der Waals surface area contributed by atoms with Gasteiger partial charge in [0, 0.05) is 6.61 Å². The maximum absolute atomic E-state index is 12.4. The van der Waals surface area contributed by atoms with Crippen LogP contribution in [0.15, 0.2) is 0 Å². The number of rotatable bonds is 5. The highest BCUT2D eigenvalue weighted by atomic mass is 16.6. The van der Waals surface area contributed by atoms with Crippen LogP contribution in [-0.2, 0) is 19.0 Å². The van der Waals surface area contributed by atoms with E-state index >= 15 is 0 Å². The molecule has 1 atom stereocenters. The Hall–Kier alpha value is -1.83. The topological polar surface area (TPSA) is 102 Å². The van der Waals surface area contributed by atoms with Gasteiger partial charge in [0.1, 0.15) is 17.2 Å². The highest BCUT2D eigenvalue weighted by molar-refractivity contribution is 5.94. The van der Waals surface area contributed by atoms with Crippen LogP contribution in [0, 0.1) is 0 Å². The lowest BCUT2D eigenvalue weighted by molar-refractivity contribution is -0.147. The van der Waals surface area contributed by atoms with Crippen LogP contribution in [0.4, 0.5) is 9.59 Å². The Morgan fingerprint density at radius 3 is 1.67 bits per heavy atom. The maximum atomic E-state index is 12.4. The van der Waals surface area contributed by atoms with Crippen LogP contribution in [0.3, 0.4) is 0 Å². The Kier molecular flexibility index (Phi) is 8.19. The van der Waals surface area contributed by atoms with Gasteiger partial charge in [-0.1, -0.05) is 0 Å². The van der Waals surface area contributed by atoms with Gasteiger partial charge >= 0.3 is 18.2 Å². The first-order valence-corrected chi connectivity index (χ1v) is 7.76. The zero-order chi connectivity index (χ0) is 19.1. The van der Waals surface area contributed by atoms with E-state index in [4.69, 9.17) is 14.6 Å². The molecule has 0 unspecified atom stereocenters. The number of hydrogen-bond donors (Lipinski definition) is 1. The van der Waals surface area contributed by atoms with Crippen molar-refractivity contribution in [2.75, 3.05) is 13.7 Å². The molecule has 2 amide bonds. The maximum Gasteiger partial charge on any atom is 0.420 e. The fourth-order valence-electron chi connectivity index (χ4n) is 1.72. The molecular weight excluding hydrogens is 318 g/mol. The second-order valence-corrected chi connectivity index (χ2v) is 7.24. The highest BCUT2D eigenvalue weighted by Crippen LogP contribution is 2.19. The first-order chi connectivity index (χ1) is 10.8. The first-order valence-electron chi connectivity index (χ1n) is 7.76. The van der Waals surface area contributed by atoms with E-state index in [1.165, 1.54) is 0 Å². The molecular formula is C16H29NO7. The predicted molar refractivity (Wildman–Crippen MR) is 86.4 cm³/mol. The summed E-state index contributed by atoms with van der Waals surface area (Å²) in [7, 11) is 1.15. The van der Waals surface area contributed by atoms with Crippen molar-refractivity contribution in [1.29, 1.82) is 0 Å². The summed E-state index contributed by atoms with van der Waals surface area (Å²) in [4.78, 5) is 37.5. The van der Waals surface area contributed by atoms with Crippen LogP contribution in [0.2, 0.25) is 0 Å². The van der Waals surface area contributed by atoms with Gasteiger partial charge in [-0.25, -0.2) is 14.4 Å². The molecule has 0 heterocycles. The quantitative estimate of drug-likeness (QED) is 0.602. The lowest BCUT2D eigenvalue weighted by Gasteiger charge is -2.32. The van der Waals surface area contributed by atoms with Crippen molar-refractivity contribution < 1.29 is 33.7 Å². The largest absolute Gasteiger partial charge is 0.467 e. The monoisotopic (exact) mass is 347 g/mol. The highest BCUT2D eigenvalue weighted by Gasteiger charge is 2.40. The molecule has 1 N–H and O–H groups in total. The number of aliphatic hydroxyl groups is 1. The minimum atomic E-state index is -1.24. The third-order valence-corrected chi connectivity index (χ3v) is 2.60. The number of amides is 2. The number of carbonyl (C=O) groups is 3. The average Bonchev–Trinajstić information content (AvgIpc) is 2.38. The Labute approximate surface area is 143 Å². The number of nitrogens with zero attached hydrogens (tertiary/aromatic N) is 1. The summed E-state index contributed by atoms with van der Waals surface area (Å²) in [6.07, 6.45) is -1.79. The molecule has 0 rings (SSSR count). The molecule has 0 fully saturated rings. The number of imide groups is 1. The Morgan fingerprint density at radius 2 is 1.38 bits per heavy atom. The number of carbonyl (C=O) groups excluding carboxylic acids is 3. The van der Waals surface area contributed by atoms with Gasteiger partial charge in [-0.2, -0.15) is 4.90 Å². The molecule has 0 aromatic carbocycles. The summed E-state index contributed by atoms with van der Waals surface area (Å²) < 4.78 is 15.1. The van der Waals surface area contributed by atoms with Crippen LogP contribution in [0.1, 0.15) is 54.4 Å². The van der Waals surface area contributed by atoms with Crippen molar-refractivity contribution in [3.63, 3.8) is 0 Å². The van der Waals surface area contributed by atoms with E-state index < -0.39 is 35.4 Å². The smallest absolute Gasteiger partial charge is 0.420 e. The lowest BCUT2D eigenvalue weighted by Crippen LogP contribution is -2.52. The summed E-state index contributed by atoms with van der Waals surface area (Å²) >= 11 is 0. The molecule has 0 spiro atoms. The Balaban J connectivity index is 5.65. The van der Waals surface area contributed by atoms with Crippen LogP contribution < -0.4 is 0 Å². The summed E-state index contributed by atoms with van der Waals surface area (Å²) in [6, 6.07) is -1.24. The molecule has 8 heteroatoms. The minimum absolute atomic E-state index is 0.0294. The van der Waals surface area contributed by atoms with Crippen LogP contribution in [0.25, 0.3) is 0 Å². The van der Waals surface area contributed by atoms with Crippen LogP contribution >= 0.6 is 0 Å². The molecule has 140 valence electrons. The third-order valence-electron chi connectivity index (χ3n) is 2.60. The van der Waals surface area contributed by atoms with Crippen molar-refractivity contribution in [3.8, 4) is 0 Å². The molecule has 0 aromatic heterocycles. The van der Waals surface area contributed by atoms with Crippen molar-refractivity contribution in [1.82, 2.24) is 4.90 Å². The normalized spacial score (nSPS) is 13.0. The summed E-state index contributed by atoms with van der Waals surface area (Å²) in [5.41, 5.74) is -1.73. The van der Waals surface area contributed by atoms with Crippen molar-refractivity contribution in [2.24, 2.45) is 0 Å². The van der Waals surface area contributed by atoms with Gasteiger partial charge in [-0.05, 0) is 54.4 Å². The summed E-state index contributed by atoms with van der Waals surface area (Å²) in [6.45, 7) is 9.62. The first kappa shape index (κ1) is 22.2. The summed E-state index contributed by atoms with van der Waals surface area (Å²) in [5.74, 6) is -0.792. The number of aliphatic hydroxyl groups excluding tert-OH is 1. The van der Waals surface area contributed by atoms with Crippen LogP contribution in [0.5, 0.6) is 0 Å². The van der Waals surface area contributed by atoms with Gasteiger partial charge in [-0.3, -0.25) is 0 Å². The molecule has 8 nitrogen and oxygen atoms in total. The van der Waals surface area contributed by atoms with E-state index in [1.54, 1.807) is 41.5 Å². The Morgan fingerprint density at radius 1 is 0.958 bits per heavy atom. The lowest BCUT2D eigenvalue weighted by atomic mass is 10.1. The standard InChI is InChI=1S/C16H29NO7/c1-15(2,3)23-13(20)17(14(21)24-16(4,5)6)11(9-8-10-18)12(19)22-7/h11,18H,8-10H2,1-7H3/t11-/m0/s1. The fraction of sp³-hybridized carbons (Fsp3) is 0.812. The number of esters is 1. The van der Waals surface area contributed by atoms with Gasteiger partial charge in [-0.15, -0.1) is 0 Å². The molecule has 0 saturated carbocycles. The minimum Gasteiger partial charge on any atom is -0.467 e. The van der Waals surface area contributed by atoms with E-state index in [2.05, 4.69) is 4.74 Å². The SMILES string of the molecule is COC(=O)[C@H](CCCO)N(C(=O)OC(C)(C)C)C(=O)OC(C)(C)C. The van der Waals surface area contributed by atoms with Crippen molar-refractivity contribution in [3.05, 3.63) is 0 Å². The van der Waals surface area contributed by atoms with E-state index in [1.807, 2.05) is 0 Å². The van der Waals surface area contributed by atoms with Crippen molar-refractivity contribution >= 4 is 18.2 Å². The van der Waals surface area contributed by atoms with Crippen LogP contribution in [-0.4, -0.2) is 59.1 Å². The van der Waals surface area contributed by atoms with Gasteiger partial charge in [0.2, 0.25) is 0 Å². The molecule has 0 saturated heterocycles.